The van der Waals surface area contributed by atoms with Crippen LogP contribution in [0.2, 0.25) is 0 Å². The van der Waals surface area contributed by atoms with E-state index in [0.717, 1.165) is 58.5 Å². The van der Waals surface area contributed by atoms with Crippen molar-refractivity contribution in [2.45, 2.75) is 43.9 Å². The number of hydrogen-bond donors (Lipinski definition) is 1. The average Bonchev–Trinajstić information content (AvgIpc) is 2.95. The molecule has 3 heterocycles. The van der Waals surface area contributed by atoms with Crippen LogP contribution in [0.1, 0.15) is 25.7 Å². The molecule has 2 aliphatic heterocycles. The van der Waals surface area contributed by atoms with E-state index in [4.69, 9.17) is 4.74 Å². The minimum atomic E-state index is -0.269. The van der Waals surface area contributed by atoms with Gasteiger partial charge in [0.1, 0.15) is 0 Å². The van der Waals surface area contributed by atoms with Gasteiger partial charge in [0, 0.05) is 38.6 Å². The molecule has 0 aromatic carbocycles. The second-order valence-corrected chi connectivity index (χ2v) is 5.68. The molecule has 0 unspecified atom stereocenters. The molecule has 0 radical (unpaired) electrons. The maximum absolute atomic E-state index is 10.2. The lowest BCUT2D eigenvalue weighted by Gasteiger charge is -2.46. The fourth-order valence-electron chi connectivity index (χ4n) is 3.22. The molecule has 2 aliphatic rings. The highest BCUT2D eigenvalue weighted by Gasteiger charge is 2.43. The molecular formula is C14H23N3O2. The lowest BCUT2D eigenvalue weighted by atomic mass is 9.82. The molecule has 19 heavy (non-hydrogen) atoms. The summed E-state index contributed by atoms with van der Waals surface area (Å²) in [5.41, 5.74) is -0.250. The summed E-state index contributed by atoms with van der Waals surface area (Å²) in [4.78, 5) is 2.44. The van der Waals surface area contributed by atoms with Crippen LogP contribution in [0.4, 0.5) is 0 Å². The number of hydrogen-bond acceptors (Lipinski definition) is 4. The Kier molecular flexibility index (Phi) is 3.86. The van der Waals surface area contributed by atoms with Crippen molar-refractivity contribution in [1.29, 1.82) is 0 Å². The van der Waals surface area contributed by atoms with E-state index in [1.54, 1.807) is 0 Å². The fraction of sp³-hybridized carbons (Fsp3) is 0.786. The first-order valence-electron chi connectivity index (χ1n) is 7.30. The van der Waals surface area contributed by atoms with E-state index in [1.165, 1.54) is 0 Å². The average molecular weight is 265 g/mol. The number of aromatic nitrogens is 2. The number of aliphatic hydroxyl groups is 1. The largest absolute Gasteiger partial charge is 0.390 e. The van der Waals surface area contributed by atoms with Gasteiger partial charge in [0.05, 0.1) is 18.2 Å². The van der Waals surface area contributed by atoms with Gasteiger partial charge < -0.3 is 14.7 Å². The summed E-state index contributed by atoms with van der Waals surface area (Å²) in [5, 5.41) is 14.4. The second-order valence-electron chi connectivity index (χ2n) is 5.68. The van der Waals surface area contributed by atoms with Crippen molar-refractivity contribution in [3.8, 4) is 0 Å². The number of piperidine rings is 1. The van der Waals surface area contributed by atoms with Crippen LogP contribution in [-0.4, -0.2) is 57.7 Å². The summed E-state index contributed by atoms with van der Waals surface area (Å²) in [7, 11) is 0. The molecule has 0 aliphatic carbocycles. The quantitative estimate of drug-likeness (QED) is 0.882. The number of ether oxygens (including phenoxy) is 1. The maximum Gasteiger partial charge on any atom is 0.0964 e. The van der Waals surface area contributed by atoms with Crippen LogP contribution in [0.3, 0.4) is 0 Å². The van der Waals surface area contributed by atoms with Crippen molar-refractivity contribution in [2.75, 3.05) is 26.2 Å². The molecule has 1 atom stereocenters. The molecule has 0 amide bonds. The van der Waals surface area contributed by atoms with Gasteiger partial charge in [-0.1, -0.05) is 0 Å². The minimum absolute atomic E-state index is 0.250. The van der Waals surface area contributed by atoms with Crippen molar-refractivity contribution >= 4 is 0 Å². The number of likely N-dealkylation sites (tertiary alicyclic amines) is 1. The van der Waals surface area contributed by atoms with Crippen LogP contribution in [0.5, 0.6) is 0 Å². The van der Waals surface area contributed by atoms with Gasteiger partial charge in [-0.05, 0) is 31.7 Å². The first-order chi connectivity index (χ1) is 9.28. The molecule has 1 aromatic rings. The molecule has 5 nitrogen and oxygen atoms in total. The third-order valence-electron chi connectivity index (χ3n) is 4.53. The zero-order valence-corrected chi connectivity index (χ0v) is 11.4. The van der Waals surface area contributed by atoms with Gasteiger partial charge >= 0.3 is 0 Å². The Morgan fingerprint density at radius 2 is 2.16 bits per heavy atom. The lowest BCUT2D eigenvalue weighted by Crippen LogP contribution is -2.55. The van der Waals surface area contributed by atoms with Crippen LogP contribution < -0.4 is 0 Å². The molecular weight excluding hydrogens is 242 g/mol. The van der Waals surface area contributed by atoms with Gasteiger partial charge in [0.2, 0.25) is 0 Å². The number of nitrogens with zero attached hydrogens (tertiary/aromatic N) is 3. The van der Waals surface area contributed by atoms with E-state index < -0.39 is 0 Å². The molecule has 2 saturated heterocycles. The zero-order valence-electron chi connectivity index (χ0n) is 11.4. The van der Waals surface area contributed by atoms with E-state index in [0.29, 0.717) is 0 Å². The Labute approximate surface area is 114 Å². The zero-order chi connectivity index (χ0) is 13.1. The molecule has 5 heteroatoms. The van der Waals surface area contributed by atoms with Gasteiger partial charge in [0.25, 0.3) is 0 Å². The smallest absolute Gasteiger partial charge is 0.0964 e. The van der Waals surface area contributed by atoms with E-state index in [-0.39, 0.29) is 11.7 Å². The van der Waals surface area contributed by atoms with Crippen molar-refractivity contribution < 1.29 is 9.84 Å². The summed E-state index contributed by atoms with van der Waals surface area (Å²) in [5.74, 6) is 0. The molecule has 3 rings (SSSR count). The Morgan fingerprint density at radius 1 is 1.32 bits per heavy atom. The minimum Gasteiger partial charge on any atom is -0.390 e. The van der Waals surface area contributed by atoms with Gasteiger partial charge in [-0.15, -0.1) is 0 Å². The van der Waals surface area contributed by atoms with Crippen molar-refractivity contribution in [3.05, 3.63) is 18.5 Å². The monoisotopic (exact) mass is 265 g/mol. The molecule has 1 aromatic heterocycles. The number of rotatable bonds is 3. The Hall–Kier alpha value is -0.910. The van der Waals surface area contributed by atoms with E-state index in [9.17, 15) is 5.11 Å². The normalized spacial score (nSPS) is 27.7. The Balaban J connectivity index is 1.49. The first-order valence-corrected chi connectivity index (χ1v) is 7.30. The van der Waals surface area contributed by atoms with E-state index >= 15 is 0 Å². The summed E-state index contributed by atoms with van der Waals surface area (Å²) in [6.07, 6.45) is 7.34. The summed E-state index contributed by atoms with van der Waals surface area (Å²) in [6, 6.07) is 1.96. The molecule has 106 valence electrons. The summed E-state index contributed by atoms with van der Waals surface area (Å²) in [6.45, 7) is 4.79. The maximum atomic E-state index is 10.2. The molecule has 1 spiro atoms. The third-order valence-corrected chi connectivity index (χ3v) is 4.53. The SMILES string of the molecule is O[C@@H]1CCCOC12CCN(CCn1cccn1)CC2. The van der Waals surface area contributed by atoms with Crippen LogP contribution in [-0.2, 0) is 11.3 Å². The molecule has 2 fully saturated rings. The number of aliphatic hydroxyl groups excluding tert-OH is 1. The predicted octanol–water partition coefficient (Wildman–Crippen LogP) is 0.889. The van der Waals surface area contributed by atoms with Crippen molar-refractivity contribution in [1.82, 2.24) is 14.7 Å². The van der Waals surface area contributed by atoms with Gasteiger partial charge in [0.15, 0.2) is 0 Å². The van der Waals surface area contributed by atoms with E-state index in [1.807, 2.05) is 23.1 Å². The topological polar surface area (TPSA) is 50.5 Å². The van der Waals surface area contributed by atoms with E-state index in [2.05, 4.69) is 10.00 Å². The van der Waals surface area contributed by atoms with Gasteiger partial charge in [-0.3, -0.25) is 4.68 Å². The van der Waals surface area contributed by atoms with Crippen LogP contribution in [0, 0.1) is 0 Å². The first kappa shape index (κ1) is 13.1. The molecule has 1 N–H and O–H groups in total. The molecule has 0 bridgehead atoms. The standard InChI is InChI=1S/C14H23N3O2/c18-13-3-1-12-19-14(13)4-8-16(9-5-14)10-11-17-7-2-6-15-17/h2,6-7,13,18H,1,3-5,8-12H2/t13-/m1/s1. The highest BCUT2D eigenvalue weighted by atomic mass is 16.5. The predicted molar refractivity (Wildman–Crippen MR) is 71.8 cm³/mol. The highest BCUT2D eigenvalue weighted by molar-refractivity contribution is 4.95. The van der Waals surface area contributed by atoms with Crippen molar-refractivity contribution in [3.63, 3.8) is 0 Å². The highest BCUT2D eigenvalue weighted by Crippen LogP contribution is 2.35. The summed E-state index contributed by atoms with van der Waals surface area (Å²) < 4.78 is 7.89. The lowest BCUT2D eigenvalue weighted by molar-refractivity contribution is -0.176. The van der Waals surface area contributed by atoms with Crippen molar-refractivity contribution in [2.24, 2.45) is 0 Å². The Morgan fingerprint density at radius 3 is 2.84 bits per heavy atom. The summed E-state index contributed by atoms with van der Waals surface area (Å²) >= 11 is 0. The van der Waals surface area contributed by atoms with Crippen LogP contribution in [0.25, 0.3) is 0 Å². The Bertz CT molecular complexity index is 385. The van der Waals surface area contributed by atoms with Gasteiger partial charge in [-0.25, -0.2) is 0 Å². The van der Waals surface area contributed by atoms with Gasteiger partial charge in [-0.2, -0.15) is 5.10 Å². The molecule has 0 saturated carbocycles. The fourth-order valence-corrected chi connectivity index (χ4v) is 3.22. The van der Waals surface area contributed by atoms with Crippen LogP contribution in [0.15, 0.2) is 18.5 Å². The third kappa shape index (κ3) is 2.83. The van der Waals surface area contributed by atoms with Crippen LogP contribution >= 0.6 is 0 Å². The second kappa shape index (κ2) is 5.61.